The van der Waals surface area contributed by atoms with Crippen LogP contribution in [0.3, 0.4) is 0 Å². The lowest BCUT2D eigenvalue weighted by Gasteiger charge is -2.21. The summed E-state index contributed by atoms with van der Waals surface area (Å²) in [5.74, 6) is 2.40. The van der Waals surface area contributed by atoms with Gasteiger partial charge in [-0.15, -0.1) is 0 Å². The molecular formula is C20H35N5O4S. The predicted molar refractivity (Wildman–Crippen MR) is 121 cm³/mol. The average molecular weight is 442 g/mol. The van der Waals surface area contributed by atoms with Crippen LogP contribution in [0.4, 0.5) is 5.69 Å². The van der Waals surface area contributed by atoms with Crippen LogP contribution < -0.4 is 29.7 Å². The van der Waals surface area contributed by atoms with Crippen LogP contribution in [0.25, 0.3) is 0 Å². The van der Waals surface area contributed by atoms with E-state index in [-0.39, 0.29) is 11.8 Å². The number of sulfonamides is 1. The molecule has 10 heteroatoms. The van der Waals surface area contributed by atoms with E-state index in [0.29, 0.717) is 19.5 Å². The zero-order valence-electron chi connectivity index (χ0n) is 18.4. The van der Waals surface area contributed by atoms with Crippen LogP contribution in [-0.4, -0.2) is 73.1 Å². The Balaban J connectivity index is 1.89. The molecule has 0 aliphatic carbocycles. The third-order valence-corrected chi connectivity index (χ3v) is 6.29. The number of methoxy groups -OCH3 is 2. The van der Waals surface area contributed by atoms with Crippen LogP contribution >= 0.6 is 0 Å². The Bertz CT molecular complexity index is 778. The van der Waals surface area contributed by atoms with Crippen molar-refractivity contribution in [2.75, 3.05) is 57.6 Å². The van der Waals surface area contributed by atoms with Gasteiger partial charge in [-0.2, -0.15) is 0 Å². The van der Waals surface area contributed by atoms with Crippen molar-refractivity contribution in [2.24, 2.45) is 4.99 Å². The van der Waals surface area contributed by atoms with Crippen LogP contribution in [0.15, 0.2) is 23.2 Å². The molecule has 0 saturated carbocycles. The minimum Gasteiger partial charge on any atom is -0.497 e. The zero-order chi connectivity index (χ0) is 22.0. The highest BCUT2D eigenvalue weighted by atomic mass is 32.2. The first-order valence-electron chi connectivity index (χ1n) is 10.4. The van der Waals surface area contributed by atoms with Crippen LogP contribution in [0, 0.1) is 0 Å². The maximum absolute atomic E-state index is 11.5. The van der Waals surface area contributed by atoms with Gasteiger partial charge in [0.2, 0.25) is 10.0 Å². The smallest absolute Gasteiger partial charge is 0.211 e. The molecule has 1 aromatic carbocycles. The molecule has 1 aliphatic rings. The summed E-state index contributed by atoms with van der Waals surface area (Å²) in [5.41, 5.74) is 1.07. The maximum atomic E-state index is 11.5. The fourth-order valence-electron chi connectivity index (χ4n) is 3.20. The Labute approximate surface area is 180 Å². The molecule has 0 aromatic heterocycles. The maximum Gasteiger partial charge on any atom is 0.211 e. The molecule has 30 heavy (non-hydrogen) atoms. The summed E-state index contributed by atoms with van der Waals surface area (Å²) in [6.07, 6.45) is 1.64. The standard InChI is InChI=1S/C20H35N5O4S/c1-5-21-20(22-9-7-10-23-30(26,27)6-2)24-16-8-11-25(15-16)17-12-18(28-3)14-19(13-17)29-4/h12-14,16,23H,5-11,15H2,1-4H3,(H2,21,22,24). The van der Waals surface area contributed by atoms with Crippen molar-refractivity contribution in [3.63, 3.8) is 0 Å². The van der Waals surface area contributed by atoms with Gasteiger partial charge in [-0.1, -0.05) is 0 Å². The van der Waals surface area contributed by atoms with E-state index in [1.807, 2.05) is 25.1 Å². The third kappa shape index (κ3) is 7.56. The van der Waals surface area contributed by atoms with Crippen LogP contribution in [0.1, 0.15) is 26.7 Å². The molecule has 1 heterocycles. The Morgan fingerprint density at radius 3 is 2.50 bits per heavy atom. The van der Waals surface area contributed by atoms with Crippen molar-refractivity contribution >= 4 is 21.7 Å². The van der Waals surface area contributed by atoms with Crippen LogP contribution in [0.5, 0.6) is 11.5 Å². The van der Waals surface area contributed by atoms with Crippen molar-refractivity contribution < 1.29 is 17.9 Å². The van der Waals surface area contributed by atoms with Gasteiger partial charge in [0.05, 0.1) is 20.0 Å². The number of anilines is 1. The molecule has 1 saturated heterocycles. The van der Waals surface area contributed by atoms with E-state index in [1.165, 1.54) is 0 Å². The highest BCUT2D eigenvalue weighted by Gasteiger charge is 2.24. The van der Waals surface area contributed by atoms with Crippen molar-refractivity contribution in [1.29, 1.82) is 0 Å². The summed E-state index contributed by atoms with van der Waals surface area (Å²) in [5, 5.41) is 6.75. The first kappa shape index (κ1) is 24.1. The summed E-state index contributed by atoms with van der Waals surface area (Å²) >= 11 is 0. The highest BCUT2D eigenvalue weighted by Crippen LogP contribution is 2.30. The zero-order valence-corrected chi connectivity index (χ0v) is 19.2. The molecule has 170 valence electrons. The second kappa shape index (κ2) is 11.8. The lowest BCUT2D eigenvalue weighted by molar-refractivity contribution is 0.394. The topological polar surface area (TPSA) is 104 Å². The number of rotatable bonds is 11. The van der Waals surface area contributed by atoms with Crippen molar-refractivity contribution in [1.82, 2.24) is 15.4 Å². The second-order valence-corrected chi connectivity index (χ2v) is 9.15. The lowest BCUT2D eigenvalue weighted by atomic mass is 10.2. The fourth-order valence-corrected chi connectivity index (χ4v) is 3.86. The Hall–Kier alpha value is -2.20. The summed E-state index contributed by atoms with van der Waals surface area (Å²) in [7, 11) is 0.159. The molecule has 0 bridgehead atoms. The van der Waals surface area contributed by atoms with E-state index >= 15 is 0 Å². The quantitative estimate of drug-likeness (QED) is 0.269. The number of guanidine groups is 1. The van der Waals surface area contributed by atoms with Gasteiger partial charge in [0, 0.05) is 62.7 Å². The molecule has 1 fully saturated rings. The minimum absolute atomic E-state index is 0.0950. The molecule has 0 radical (unpaired) electrons. The van der Waals surface area contributed by atoms with Gasteiger partial charge in [-0.3, -0.25) is 4.99 Å². The van der Waals surface area contributed by atoms with Gasteiger partial charge in [-0.05, 0) is 26.7 Å². The van der Waals surface area contributed by atoms with Gasteiger partial charge in [0.1, 0.15) is 11.5 Å². The monoisotopic (exact) mass is 441 g/mol. The summed E-state index contributed by atoms with van der Waals surface area (Å²) in [4.78, 5) is 6.87. The molecule has 1 aromatic rings. The minimum atomic E-state index is -3.14. The number of nitrogens with zero attached hydrogens (tertiary/aromatic N) is 2. The van der Waals surface area contributed by atoms with Gasteiger partial charge in [0.15, 0.2) is 5.96 Å². The molecular weight excluding hydrogens is 406 g/mol. The molecule has 1 aliphatic heterocycles. The van der Waals surface area contributed by atoms with E-state index in [4.69, 9.17) is 9.47 Å². The van der Waals surface area contributed by atoms with E-state index in [1.54, 1.807) is 21.1 Å². The van der Waals surface area contributed by atoms with Crippen LogP contribution in [0.2, 0.25) is 0 Å². The fraction of sp³-hybridized carbons (Fsp3) is 0.650. The largest absolute Gasteiger partial charge is 0.497 e. The number of hydrogen-bond acceptors (Lipinski definition) is 6. The molecule has 1 atom stereocenters. The Morgan fingerprint density at radius 2 is 1.90 bits per heavy atom. The number of benzene rings is 1. The summed E-state index contributed by atoms with van der Waals surface area (Å²) < 4.78 is 36.3. The Morgan fingerprint density at radius 1 is 1.20 bits per heavy atom. The highest BCUT2D eigenvalue weighted by molar-refractivity contribution is 7.89. The first-order chi connectivity index (χ1) is 14.4. The number of hydrogen-bond donors (Lipinski definition) is 3. The normalized spacial score (nSPS) is 17.1. The van der Waals surface area contributed by atoms with E-state index in [9.17, 15) is 8.42 Å². The first-order valence-corrected chi connectivity index (χ1v) is 12.1. The Kier molecular flexibility index (Phi) is 9.51. The van der Waals surface area contributed by atoms with Crippen LogP contribution in [-0.2, 0) is 10.0 Å². The molecule has 9 nitrogen and oxygen atoms in total. The lowest BCUT2D eigenvalue weighted by Crippen LogP contribution is -2.44. The number of ether oxygens (including phenoxy) is 2. The number of nitrogens with one attached hydrogen (secondary N) is 3. The van der Waals surface area contributed by atoms with E-state index < -0.39 is 10.0 Å². The SMILES string of the molecule is CCNC(=NCCCNS(=O)(=O)CC)NC1CCN(c2cc(OC)cc(OC)c2)C1. The van der Waals surface area contributed by atoms with E-state index in [0.717, 1.165) is 49.2 Å². The van der Waals surface area contributed by atoms with Crippen molar-refractivity contribution in [2.45, 2.75) is 32.7 Å². The number of aliphatic imine (C=N–C) groups is 1. The van der Waals surface area contributed by atoms with Gasteiger partial charge in [0.25, 0.3) is 0 Å². The van der Waals surface area contributed by atoms with Crippen molar-refractivity contribution in [3.05, 3.63) is 18.2 Å². The molecule has 1 unspecified atom stereocenters. The second-order valence-electron chi connectivity index (χ2n) is 7.06. The predicted octanol–water partition coefficient (Wildman–Crippen LogP) is 1.17. The molecule has 0 amide bonds. The van der Waals surface area contributed by atoms with Crippen molar-refractivity contribution in [3.8, 4) is 11.5 Å². The third-order valence-electron chi connectivity index (χ3n) is 4.88. The van der Waals surface area contributed by atoms with E-state index in [2.05, 4.69) is 25.2 Å². The average Bonchev–Trinajstić information content (AvgIpc) is 3.21. The van der Waals surface area contributed by atoms with Gasteiger partial charge in [-0.25, -0.2) is 13.1 Å². The summed E-state index contributed by atoms with van der Waals surface area (Å²) in [6.45, 7) is 7.12. The molecule has 2 rings (SSSR count). The van der Waals surface area contributed by atoms with Gasteiger partial charge < -0.3 is 25.0 Å². The molecule has 3 N–H and O–H groups in total. The summed E-state index contributed by atoms with van der Waals surface area (Å²) in [6, 6.07) is 6.16. The molecule has 0 spiro atoms. The van der Waals surface area contributed by atoms with Gasteiger partial charge >= 0.3 is 0 Å².